The Kier molecular flexibility index (Phi) is 9.33. The van der Waals surface area contributed by atoms with Crippen molar-refractivity contribution in [2.24, 2.45) is 0 Å². The van der Waals surface area contributed by atoms with Crippen molar-refractivity contribution < 1.29 is 9.53 Å². The second-order valence-corrected chi connectivity index (χ2v) is 8.40. The normalized spacial score (nSPS) is 21.6. The van der Waals surface area contributed by atoms with Gasteiger partial charge in [0.2, 0.25) is 5.91 Å². The molecule has 2 aliphatic heterocycles. The zero-order valence-electron chi connectivity index (χ0n) is 17.3. The van der Waals surface area contributed by atoms with E-state index in [0.29, 0.717) is 37.4 Å². The molecule has 0 saturated carbocycles. The molecule has 2 heterocycles. The lowest BCUT2D eigenvalue weighted by atomic mass is 10.0. The van der Waals surface area contributed by atoms with Gasteiger partial charge in [-0.25, -0.2) is 0 Å². The fourth-order valence-corrected chi connectivity index (χ4v) is 3.83. The van der Waals surface area contributed by atoms with Gasteiger partial charge in [-0.05, 0) is 39.5 Å². The number of piperidine rings is 2. The minimum absolute atomic E-state index is 0.135. The first kappa shape index (κ1) is 21.6. The highest BCUT2D eigenvalue weighted by atomic mass is 16.5. The van der Waals surface area contributed by atoms with Crippen LogP contribution in [0.4, 0.5) is 0 Å². The number of hydrogen-bond donors (Lipinski definition) is 2. The highest BCUT2D eigenvalue weighted by Gasteiger charge is 2.27. The van der Waals surface area contributed by atoms with Gasteiger partial charge in [-0.15, -0.1) is 0 Å². The van der Waals surface area contributed by atoms with Crippen LogP contribution in [0, 0.1) is 0 Å². The molecule has 2 aliphatic rings. The first-order valence-corrected chi connectivity index (χ1v) is 10.6. The Labute approximate surface area is 160 Å². The summed E-state index contributed by atoms with van der Waals surface area (Å²) in [6.07, 6.45) is 5.22. The molecular formula is C20H40N4O2. The van der Waals surface area contributed by atoms with Crippen molar-refractivity contribution in [1.29, 1.82) is 0 Å². The summed E-state index contributed by atoms with van der Waals surface area (Å²) in [7, 11) is 0. The van der Waals surface area contributed by atoms with Crippen molar-refractivity contribution in [1.82, 2.24) is 20.4 Å². The van der Waals surface area contributed by atoms with E-state index in [0.717, 1.165) is 58.4 Å². The van der Waals surface area contributed by atoms with Crippen molar-refractivity contribution in [3.05, 3.63) is 0 Å². The molecule has 0 aliphatic carbocycles. The molecule has 0 spiro atoms. The molecule has 0 aromatic heterocycles. The van der Waals surface area contributed by atoms with E-state index in [1.807, 2.05) is 0 Å². The number of rotatable bonds is 9. The van der Waals surface area contributed by atoms with E-state index >= 15 is 0 Å². The fraction of sp³-hybridized carbons (Fsp3) is 0.950. The fourth-order valence-electron chi connectivity index (χ4n) is 3.83. The standard InChI is InChI=1S/C20H40N4O2/c1-16(2)21-9-10-22-20(25)15-23-11-5-18(6-12-23)26-19-7-13-24(14-8-19)17(3)4/h16-19,21H,5-15H2,1-4H3,(H,22,25). The first-order valence-electron chi connectivity index (χ1n) is 10.6. The third kappa shape index (κ3) is 7.91. The predicted molar refractivity (Wildman–Crippen MR) is 106 cm³/mol. The highest BCUT2D eigenvalue weighted by molar-refractivity contribution is 5.78. The van der Waals surface area contributed by atoms with Crippen LogP contribution in [0.5, 0.6) is 0 Å². The number of carbonyl (C=O) groups is 1. The molecule has 2 saturated heterocycles. The molecule has 0 atom stereocenters. The van der Waals surface area contributed by atoms with Gasteiger partial charge in [0.25, 0.3) is 0 Å². The molecule has 1 amide bonds. The monoisotopic (exact) mass is 368 g/mol. The topological polar surface area (TPSA) is 56.8 Å². The SMILES string of the molecule is CC(C)NCCNC(=O)CN1CCC(OC2CCN(C(C)C)CC2)CC1. The quantitative estimate of drug-likeness (QED) is 0.604. The van der Waals surface area contributed by atoms with Crippen LogP contribution in [0.15, 0.2) is 0 Å². The second kappa shape index (κ2) is 11.2. The van der Waals surface area contributed by atoms with Crippen LogP contribution in [0.2, 0.25) is 0 Å². The van der Waals surface area contributed by atoms with Gasteiger partial charge in [-0.2, -0.15) is 0 Å². The number of amides is 1. The van der Waals surface area contributed by atoms with E-state index in [1.54, 1.807) is 0 Å². The molecule has 26 heavy (non-hydrogen) atoms. The van der Waals surface area contributed by atoms with Crippen LogP contribution in [0.3, 0.4) is 0 Å². The molecule has 0 aromatic carbocycles. The average Bonchev–Trinajstić information content (AvgIpc) is 2.61. The minimum atomic E-state index is 0.135. The highest BCUT2D eigenvalue weighted by Crippen LogP contribution is 2.21. The van der Waals surface area contributed by atoms with Crippen molar-refractivity contribution in [3.8, 4) is 0 Å². The summed E-state index contributed by atoms with van der Waals surface area (Å²) >= 11 is 0. The Balaban J connectivity index is 1.55. The summed E-state index contributed by atoms with van der Waals surface area (Å²) in [6.45, 7) is 15.1. The number of ether oxygens (including phenoxy) is 1. The average molecular weight is 369 g/mol. The lowest BCUT2D eigenvalue weighted by Crippen LogP contribution is -2.46. The maximum Gasteiger partial charge on any atom is 0.234 e. The summed E-state index contributed by atoms with van der Waals surface area (Å²) in [5.41, 5.74) is 0. The van der Waals surface area contributed by atoms with Crippen LogP contribution >= 0.6 is 0 Å². The van der Waals surface area contributed by atoms with E-state index in [-0.39, 0.29) is 5.91 Å². The predicted octanol–water partition coefficient (Wildman–Crippen LogP) is 1.45. The second-order valence-electron chi connectivity index (χ2n) is 8.40. The first-order chi connectivity index (χ1) is 12.4. The third-order valence-corrected chi connectivity index (χ3v) is 5.49. The summed E-state index contributed by atoms with van der Waals surface area (Å²) < 4.78 is 6.35. The van der Waals surface area contributed by atoms with Gasteiger partial charge in [-0.1, -0.05) is 13.8 Å². The summed E-state index contributed by atoms with van der Waals surface area (Å²) in [5.74, 6) is 0.135. The maximum atomic E-state index is 12.0. The third-order valence-electron chi connectivity index (χ3n) is 5.49. The van der Waals surface area contributed by atoms with Crippen LogP contribution < -0.4 is 10.6 Å². The molecule has 6 nitrogen and oxygen atoms in total. The van der Waals surface area contributed by atoms with Crippen molar-refractivity contribution in [3.63, 3.8) is 0 Å². The van der Waals surface area contributed by atoms with Gasteiger partial charge >= 0.3 is 0 Å². The molecular weight excluding hydrogens is 328 g/mol. The van der Waals surface area contributed by atoms with Crippen molar-refractivity contribution in [2.75, 3.05) is 45.8 Å². The van der Waals surface area contributed by atoms with Crippen LogP contribution in [-0.4, -0.2) is 85.8 Å². The maximum absolute atomic E-state index is 12.0. The Morgan fingerprint density at radius 3 is 2.08 bits per heavy atom. The summed E-state index contributed by atoms with van der Waals surface area (Å²) in [6, 6.07) is 1.11. The number of carbonyl (C=O) groups excluding carboxylic acids is 1. The summed E-state index contributed by atoms with van der Waals surface area (Å²) in [4.78, 5) is 16.8. The molecule has 152 valence electrons. The molecule has 2 N–H and O–H groups in total. The smallest absolute Gasteiger partial charge is 0.234 e. The van der Waals surface area contributed by atoms with Gasteiger partial charge in [0.05, 0.1) is 18.8 Å². The van der Waals surface area contributed by atoms with Crippen LogP contribution in [0.1, 0.15) is 53.4 Å². The zero-order valence-corrected chi connectivity index (χ0v) is 17.3. The largest absolute Gasteiger partial charge is 0.375 e. The molecule has 0 aromatic rings. The number of hydrogen-bond acceptors (Lipinski definition) is 5. The van der Waals surface area contributed by atoms with E-state index in [4.69, 9.17) is 4.74 Å². The molecule has 6 heteroatoms. The summed E-state index contributed by atoms with van der Waals surface area (Å²) in [5, 5.41) is 6.31. The van der Waals surface area contributed by atoms with E-state index in [2.05, 4.69) is 48.1 Å². The van der Waals surface area contributed by atoms with Crippen molar-refractivity contribution >= 4 is 5.91 Å². The molecule has 0 unspecified atom stereocenters. The van der Waals surface area contributed by atoms with Crippen LogP contribution in [0.25, 0.3) is 0 Å². The lowest BCUT2D eigenvalue weighted by molar-refractivity contribution is -0.123. The number of nitrogens with one attached hydrogen (secondary N) is 2. The molecule has 2 rings (SSSR count). The van der Waals surface area contributed by atoms with E-state index < -0.39 is 0 Å². The number of nitrogens with zero attached hydrogens (tertiary/aromatic N) is 2. The molecule has 2 fully saturated rings. The molecule has 0 bridgehead atoms. The Hall–Kier alpha value is -0.690. The van der Waals surface area contributed by atoms with E-state index in [9.17, 15) is 4.79 Å². The van der Waals surface area contributed by atoms with Crippen LogP contribution in [-0.2, 0) is 9.53 Å². The Bertz CT molecular complexity index is 401. The van der Waals surface area contributed by atoms with Gasteiger partial charge < -0.3 is 20.3 Å². The van der Waals surface area contributed by atoms with Gasteiger partial charge in [-0.3, -0.25) is 9.69 Å². The number of likely N-dealkylation sites (tertiary alicyclic amines) is 2. The van der Waals surface area contributed by atoms with Gasteiger partial charge in [0.1, 0.15) is 0 Å². The Morgan fingerprint density at radius 2 is 1.54 bits per heavy atom. The zero-order chi connectivity index (χ0) is 18.9. The van der Waals surface area contributed by atoms with Gasteiger partial charge in [0.15, 0.2) is 0 Å². The van der Waals surface area contributed by atoms with Gasteiger partial charge in [0, 0.05) is 51.4 Å². The Morgan fingerprint density at radius 1 is 0.962 bits per heavy atom. The van der Waals surface area contributed by atoms with E-state index in [1.165, 1.54) is 0 Å². The minimum Gasteiger partial charge on any atom is -0.375 e. The van der Waals surface area contributed by atoms with Crippen molar-refractivity contribution in [2.45, 2.75) is 77.7 Å². The molecule has 0 radical (unpaired) electrons. The lowest BCUT2D eigenvalue weighted by Gasteiger charge is -2.38.